The minimum atomic E-state index is -0.585. The molecule has 0 amide bonds. The smallest absolute Gasteiger partial charge is 0.328 e. The van der Waals surface area contributed by atoms with Gasteiger partial charge in [0.05, 0.1) is 19.8 Å². The highest BCUT2D eigenvalue weighted by Gasteiger charge is 2.39. The summed E-state index contributed by atoms with van der Waals surface area (Å²) in [5.74, 6) is -0.649. The third-order valence-corrected chi connectivity index (χ3v) is 4.62. The Hall–Kier alpha value is -1.05. The maximum absolute atomic E-state index is 12.2. The predicted molar refractivity (Wildman–Crippen MR) is 89.6 cm³/mol. The van der Waals surface area contributed by atoms with Gasteiger partial charge in [0.1, 0.15) is 12.6 Å². The van der Waals surface area contributed by atoms with E-state index < -0.39 is 18.3 Å². The van der Waals surface area contributed by atoms with Gasteiger partial charge in [-0.3, -0.25) is 0 Å². The van der Waals surface area contributed by atoms with Crippen molar-refractivity contribution in [2.45, 2.75) is 31.1 Å². The first-order valence-corrected chi connectivity index (χ1v) is 8.62. The molecule has 2 heterocycles. The van der Waals surface area contributed by atoms with E-state index in [1.54, 1.807) is 12.1 Å². The zero-order valence-electron chi connectivity index (χ0n) is 13.0. The van der Waals surface area contributed by atoms with Crippen LogP contribution >= 0.6 is 23.2 Å². The van der Waals surface area contributed by atoms with Crippen molar-refractivity contribution in [2.75, 3.05) is 31.7 Å². The molecule has 8 heteroatoms. The van der Waals surface area contributed by atoms with Gasteiger partial charge >= 0.3 is 5.97 Å². The molecule has 1 saturated heterocycles. The molecule has 3 rings (SSSR count). The number of hydrogen-bond acceptors (Lipinski definition) is 6. The van der Waals surface area contributed by atoms with Gasteiger partial charge in [0.15, 0.2) is 6.29 Å². The standard InChI is InChI=1S/C16H19Cl2NO5/c17-9-6-11(18)14-10(16-23-3-1-4-24-16)8-13(19-12(14)7-9)15(21)22-5-2-20/h6-7,10,13,16,19-20H,1-5,8H2. The lowest BCUT2D eigenvalue weighted by Crippen LogP contribution is -2.42. The largest absolute Gasteiger partial charge is 0.462 e. The van der Waals surface area contributed by atoms with Gasteiger partial charge in [0.2, 0.25) is 0 Å². The summed E-state index contributed by atoms with van der Waals surface area (Å²) < 4.78 is 16.5. The highest BCUT2D eigenvalue weighted by atomic mass is 35.5. The number of anilines is 1. The number of fused-ring (bicyclic) bond motifs is 1. The van der Waals surface area contributed by atoms with E-state index in [4.69, 9.17) is 42.5 Å². The summed E-state index contributed by atoms with van der Waals surface area (Å²) in [6, 6.07) is 2.81. The minimum Gasteiger partial charge on any atom is -0.462 e. The summed E-state index contributed by atoms with van der Waals surface area (Å²) in [6.07, 6.45) is 0.792. The first-order chi connectivity index (χ1) is 11.6. The molecule has 0 bridgehead atoms. The number of hydrogen-bond donors (Lipinski definition) is 2. The highest BCUT2D eigenvalue weighted by molar-refractivity contribution is 6.35. The highest BCUT2D eigenvalue weighted by Crippen LogP contribution is 2.44. The molecule has 2 aliphatic heterocycles. The van der Waals surface area contributed by atoms with Crippen molar-refractivity contribution in [1.29, 1.82) is 0 Å². The second kappa shape index (κ2) is 7.89. The summed E-state index contributed by atoms with van der Waals surface area (Å²) in [5, 5.41) is 12.9. The molecule has 1 fully saturated rings. The molecule has 0 aliphatic carbocycles. The van der Waals surface area contributed by atoms with Crippen LogP contribution in [-0.4, -0.2) is 49.8 Å². The molecule has 2 atom stereocenters. The summed E-state index contributed by atoms with van der Waals surface area (Å²) in [4.78, 5) is 12.2. The number of aliphatic hydroxyl groups is 1. The molecule has 0 aromatic heterocycles. The van der Waals surface area contributed by atoms with Crippen LogP contribution in [0.25, 0.3) is 0 Å². The third-order valence-electron chi connectivity index (χ3n) is 4.09. The summed E-state index contributed by atoms with van der Waals surface area (Å²) in [7, 11) is 0. The lowest BCUT2D eigenvalue weighted by molar-refractivity contribution is -0.192. The van der Waals surface area contributed by atoms with Crippen molar-refractivity contribution in [1.82, 2.24) is 0 Å². The molecule has 2 N–H and O–H groups in total. The SMILES string of the molecule is O=C(OCCO)C1CC(C2OCCCO2)c2c(Cl)cc(Cl)cc2N1. The first-order valence-electron chi connectivity index (χ1n) is 7.86. The number of esters is 1. The molecule has 0 spiro atoms. The summed E-state index contributed by atoms with van der Waals surface area (Å²) >= 11 is 12.5. The molecule has 1 aromatic rings. The van der Waals surface area contributed by atoms with Crippen molar-refractivity contribution >= 4 is 34.9 Å². The molecule has 2 unspecified atom stereocenters. The van der Waals surface area contributed by atoms with Gasteiger partial charge in [-0.1, -0.05) is 23.2 Å². The van der Waals surface area contributed by atoms with Crippen molar-refractivity contribution in [3.8, 4) is 0 Å². The van der Waals surface area contributed by atoms with Gasteiger partial charge in [-0.05, 0) is 25.0 Å². The van der Waals surface area contributed by atoms with Gasteiger partial charge in [-0.2, -0.15) is 0 Å². The van der Waals surface area contributed by atoms with E-state index in [-0.39, 0.29) is 19.1 Å². The number of carbonyl (C=O) groups excluding carboxylic acids is 1. The fourth-order valence-corrected chi connectivity index (χ4v) is 3.72. The minimum absolute atomic E-state index is 0.0404. The van der Waals surface area contributed by atoms with Crippen molar-refractivity contribution in [2.24, 2.45) is 0 Å². The van der Waals surface area contributed by atoms with Crippen LogP contribution in [0.1, 0.15) is 24.3 Å². The Morgan fingerprint density at radius 2 is 2.08 bits per heavy atom. The third kappa shape index (κ3) is 3.78. The number of carbonyl (C=O) groups is 1. The van der Waals surface area contributed by atoms with Crippen LogP contribution in [0.3, 0.4) is 0 Å². The zero-order valence-corrected chi connectivity index (χ0v) is 14.5. The van der Waals surface area contributed by atoms with Gasteiger partial charge in [0, 0.05) is 27.2 Å². The number of ether oxygens (including phenoxy) is 3. The van der Waals surface area contributed by atoms with Crippen molar-refractivity contribution in [3.05, 3.63) is 27.7 Å². The van der Waals surface area contributed by atoms with Gasteiger partial charge < -0.3 is 24.6 Å². The van der Waals surface area contributed by atoms with Crippen LogP contribution in [0.15, 0.2) is 12.1 Å². The topological polar surface area (TPSA) is 77.0 Å². The predicted octanol–water partition coefficient (Wildman–Crippen LogP) is 2.56. The number of benzene rings is 1. The van der Waals surface area contributed by atoms with Gasteiger partial charge in [-0.15, -0.1) is 0 Å². The Morgan fingerprint density at radius 3 is 2.79 bits per heavy atom. The maximum Gasteiger partial charge on any atom is 0.328 e. The molecule has 24 heavy (non-hydrogen) atoms. The molecular weight excluding hydrogens is 357 g/mol. The van der Waals surface area contributed by atoms with Crippen LogP contribution in [0, 0.1) is 0 Å². The van der Waals surface area contributed by atoms with Gasteiger partial charge in [-0.25, -0.2) is 4.79 Å². The lowest BCUT2D eigenvalue weighted by Gasteiger charge is -2.38. The molecule has 0 saturated carbocycles. The second-order valence-corrected chi connectivity index (χ2v) is 6.59. The van der Waals surface area contributed by atoms with E-state index in [2.05, 4.69) is 5.32 Å². The van der Waals surface area contributed by atoms with Crippen LogP contribution in [-0.2, 0) is 19.0 Å². The van der Waals surface area contributed by atoms with E-state index in [0.717, 1.165) is 12.0 Å². The Balaban J connectivity index is 1.90. The normalized spacial score (nSPS) is 24.1. The van der Waals surface area contributed by atoms with E-state index in [1.807, 2.05) is 0 Å². The molecule has 0 radical (unpaired) electrons. The quantitative estimate of drug-likeness (QED) is 0.787. The fourth-order valence-electron chi connectivity index (χ4n) is 3.09. The fraction of sp³-hybridized carbons (Fsp3) is 0.562. The molecule has 2 aliphatic rings. The number of rotatable bonds is 4. The Kier molecular flexibility index (Phi) is 5.84. The second-order valence-electron chi connectivity index (χ2n) is 5.74. The van der Waals surface area contributed by atoms with E-state index in [0.29, 0.717) is 35.4 Å². The molecular formula is C16H19Cl2NO5. The Bertz CT molecular complexity index is 606. The van der Waals surface area contributed by atoms with E-state index in [9.17, 15) is 4.79 Å². The van der Waals surface area contributed by atoms with Crippen molar-refractivity contribution < 1.29 is 24.1 Å². The monoisotopic (exact) mass is 375 g/mol. The van der Waals surface area contributed by atoms with Crippen LogP contribution in [0.4, 0.5) is 5.69 Å². The van der Waals surface area contributed by atoms with Crippen LogP contribution < -0.4 is 5.32 Å². The maximum atomic E-state index is 12.2. The molecule has 132 valence electrons. The van der Waals surface area contributed by atoms with E-state index >= 15 is 0 Å². The van der Waals surface area contributed by atoms with E-state index in [1.165, 1.54) is 0 Å². The average Bonchev–Trinajstić information content (AvgIpc) is 2.59. The number of aliphatic hydroxyl groups excluding tert-OH is 1. The van der Waals surface area contributed by atoms with Crippen molar-refractivity contribution in [3.63, 3.8) is 0 Å². The molecule has 1 aromatic carbocycles. The van der Waals surface area contributed by atoms with Crippen LogP contribution in [0.5, 0.6) is 0 Å². The molecule has 6 nitrogen and oxygen atoms in total. The summed E-state index contributed by atoms with van der Waals surface area (Å²) in [5.41, 5.74) is 1.51. The lowest BCUT2D eigenvalue weighted by atomic mass is 9.86. The Morgan fingerprint density at radius 1 is 1.33 bits per heavy atom. The zero-order chi connectivity index (χ0) is 17.1. The average molecular weight is 376 g/mol. The number of nitrogens with one attached hydrogen (secondary N) is 1. The number of halogens is 2. The van der Waals surface area contributed by atoms with Gasteiger partial charge in [0.25, 0.3) is 0 Å². The summed E-state index contributed by atoms with van der Waals surface area (Å²) in [6.45, 7) is 0.954. The first kappa shape index (κ1) is 17.8. The van der Waals surface area contributed by atoms with Crippen LogP contribution in [0.2, 0.25) is 10.0 Å². The Labute approximate surface area is 150 Å².